The Morgan fingerprint density at radius 3 is 1.56 bits per heavy atom. The summed E-state index contributed by atoms with van der Waals surface area (Å²) in [5, 5.41) is 0.782. The fraction of sp³-hybridized carbons (Fsp3) is 0.333. The van der Waals surface area contributed by atoms with Gasteiger partial charge in [0.05, 0.1) is 25.9 Å². The molecule has 0 N–H and O–H groups in total. The molecular weight excluding hydrogens is 574 g/mol. The van der Waals surface area contributed by atoms with Gasteiger partial charge in [0.15, 0.2) is 0 Å². The molecule has 1 aliphatic rings. The number of alkyl halides is 1. The molecule has 1 unspecified atom stereocenters. The molecule has 1 fully saturated rings. The van der Waals surface area contributed by atoms with Gasteiger partial charge in [0.25, 0.3) is 0 Å². The van der Waals surface area contributed by atoms with Crippen molar-refractivity contribution in [1.82, 2.24) is 4.90 Å². The van der Waals surface area contributed by atoms with Crippen LogP contribution in [0.1, 0.15) is 35.1 Å². The summed E-state index contributed by atoms with van der Waals surface area (Å²) in [5.74, 6) is 0.365. The van der Waals surface area contributed by atoms with Crippen molar-refractivity contribution >= 4 is 15.9 Å². The van der Waals surface area contributed by atoms with Crippen molar-refractivity contribution in [3.05, 3.63) is 144 Å². The van der Waals surface area contributed by atoms with Crippen LogP contribution >= 0.6 is 15.9 Å². The lowest BCUT2D eigenvalue weighted by Crippen LogP contribution is -2.64. The van der Waals surface area contributed by atoms with Crippen LogP contribution in [0.4, 0.5) is 0 Å². The van der Waals surface area contributed by atoms with Crippen LogP contribution in [0.2, 0.25) is 0 Å². The van der Waals surface area contributed by atoms with Crippen LogP contribution in [0, 0.1) is 0 Å². The maximum Gasteiger partial charge on any atom is 0.113 e. The van der Waals surface area contributed by atoms with Crippen molar-refractivity contribution in [1.29, 1.82) is 0 Å². The second-order valence-corrected chi connectivity index (χ2v) is 11.5. The average molecular weight is 615 g/mol. The van der Waals surface area contributed by atoms with E-state index in [2.05, 4.69) is 131 Å². The number of likely N-dealkylation sites (tertiary alicyclic amines) is 1. The highest BCUT2D eigenvalue weighted by atomic mass is 79.9. The molecule has 0 radical (unpaired) electrons. The van der Waals surface area contributed by atoms with Gasteiger partial charge in [-0.2, -0.15) is 0 Å². The average Bonchev–Trinajstić information content (AvgIpc) is 3.04. The smallest absolute Gasteiger partial charge is 0.113 e. The summed E-state index contributed by atoms with van der Waals surface area (Å²) >= 11 is 3.87. The van der Waals surface area contributed by atoms with Gasteiger partial charge in [-0.1, -0.05) is 144 Å². The number of hydrogen-bond donors (Lipinski definition) is 0. The minimum absolute atomic E-state index is 0.127. The van der Waals surface area contributed by atoms with Gasteiger partial charge in [0.2, 0.25) is 0 Å². The van der Waals surface area contributed by atoms with Crippen LogP contribution < -0.4 is 0 Å². The van der Waals surface area contributed by atoms with Crippen LogP contribution in [0.3, 0.4) is 0 Å². The SMILES string of the molecule is CC(CN1C[C@H](OCc2ccccc2)[C@@H](OCc2ccccc2)[C@H](OCc2ccccc2)[C@H]1CBr)c1ccccc1. The molecule has 0 aromatic heterocycles. The molecule has 214 valence electrons. The Kier molecular flexibility index (Phi) is 11.2. The van der Waals surface area contributed by atoms with Gasteiger partial charge in [-0.15, -0.1) is 0 Å². The highest BCUT2D eigenvalue weighted by Crippen LogP contribution is 2.31. The van der Waals surface area contributed by atoms with Crippen LogP contribution in [-0.2, 0) is 34.0 Å². The Morgan fingerprint density at radius 2 is 1.07 bits per heavy atom. The zero-order valence-electron chi connectivity index (χ0n) is 23.7. The summed E-state index contributed by atoms with van der Waals surface area (Å²) in [6.45, 7) is 5.54. The predicted octanol–water partition coefficient (Wildman–Crippen LogP) is 7.63. The van der Waals surface area contributed by atoms with Crippen molar-refractivity contribution in [2.24, 2.45) is 0 Å². The van der Waals surface area contributed by atoms with Crippen LogP contribution in [0.5, 0.6) is 0 Å². The molecule has 4 aromatic carbocycles. The van der Waals surface area contributed by atoms with E-state index in [0.29, 0.717) is 25.7 Å². The zero-order valence-corrected chi connectivity index (χ0v) is 25.3. The molecule has 5 rings (SSSR count). The number of rotatable bonds is 13. The lowest BCUT2D eigenvalue weighted by molar-refractivity contribution is -0.200. The largest absolute Gasteiger partial charge is 0.369 e. The molecule has 1 saturated heterocycles. The number of halogens is 1. The van der Waals surface area contributed by atoms with Crippen molar-refractivity contribution in [3.8, 4) is 0 Å². The van der Waals surface area contributed by atoms with Gasteiger partial charge >= 0.3 is 0 Å². The molecule has 41 heavy (non-hydrogen) atoms. The van der Waals surface area contributed by atoms with E-state index < -0.39 is 0 Å². The molecule has 0 spiro atoms. The van der Waals surface area contributed by atoms with E-state index in [1.54, 1.807) is 0 Å². The molecule has 0 saturated carbocycles. The highest BCUT2D eigenvalue weighted by molar-refractivity contribution is 9.09. The fourth-order valence-electron chi connectivity index (χ4n) is 5.61. The first-order valence-corrected chi connectivity index (χ1v) is 15.6. The quantitative estimate of drug-likeness (QED) is 0.145. The van der Waals surface area contributed by atoms with E-state index in [0.717, 1.165) is 35.1 Å². The Hall–Kier alpha value is -2.80. The number of ether oxygens (including phenoxy) is 3. The molecule has 4 aromatic rings. The molecule has 1 heterocycles. The van der Waals surface area contributed by atoms with Crippen LogP contribution in [-0.4, -0.2) is 47.7 Å². The molecule has 1 aliphatic heterocycles. The van der Waals surface area contributed by atoms with Gasteiger partial charge in [0, 0.05) is 24.5 Å². The van der Waals surface area contributed by atoms with Crippen LogP contribution in [0.15, 0.2) is 121 Å². The third-order valence-corrected chi connectivity index (χ3v) is 8.53. The van der Waals surface area contributed by atoms with E-state index in [9.17, 15) is 0 Å². The molecule has 5 heteroatoms. The predicted molar refractivity (Wildman–Crippen MR) is 169 cm³/mol. The van der Waals surface area contributed by atoms with E-state index >= 15 is 0 Å². The van der Waals surface area contributed by atoms with Crippen molar-refractivity contribution < 1.29 is 14.2 Å². The Labute approximate surface area is 253 Å². The maximum atomic E-state index is 6.80. The maximum absolute atomic E-state index is 6.80. The van der Waals surface area contributed by atoms with Gasteiger partial charge < -0.3 is 14.2 Å². The molecular formula is C36H40BrNO3. The van der Waals surface area contributed by atoms with Crippen molar-refractivity contribution in [2.45, 2.75) is 57.0 Å². The van der Waals surface area contributed by atoms with E-state index in [1.807, 2.05) is 18.2 Å². The van der Waals surface area contributed by atoms with Gasteiger partial charge in [-0.25, -0.2) is 0 Å². The third kappa shape index (κ3) is 8.37. The molecule has 0 bridgehead atoms. The van der Waals surface area contributed by atoms with Crippen molar-refractivity contribution in [2.75, 3.05) is 18.4 Å². The second kappa shape index (κ2) is 15.4. The molecule has 4 nitrogen and oxygen atoms in total. The number of piperidine rings is 1. The first-order valence-electron chi connectivity index (χ1n) is 14.5. The summed E-state index contributed by atoms with van der Waals surface area (Å²) < 4.78 is 20.2. The van der Waals surface area contributed by atoms with Gasteiger partial charge in [-0.3, -0.25) is 4.90 Å². The summed E-state index contributed by atoms with van der Waals surface area (Å²) in [6.07, 6.45) is -0.567. The number of nitrogens with zero attached hydrogens (tertiary/aromatic N) is 1. The van der Waals surface area contributed by atoms with Gasteiger partial charge in [-0.05, 0) is 28.2 Å². The zero-order chi connectivity index (χ0) is 28.3. The third-order valence-electron chi connectivity index (χ3n) is 7.87. The van der Waals surface area contributed by atoms with Crippen molar-refractivity contribution in [3.63, 3.8) is 0 Å². The Morgan fingerprint density at radius 1 is 0.634 bits per heavy atom. The number of hydrogen-bond acceptors (Lipinski definition) is 4. The minimum Gasteiger partial charge on any atom is -0.369 e. The summed E-state index contributed by atoms with van der Waals surface area (Å²) in [6, 6.07) is 42.0. The highest BCUT2D eigenvalue weighted by Gasteiger charge is 2.45. The standard InChI is InChI=1S/C36H40BrNO3/c1-28(32-20-12-5-13-21-32)23-38-24-34(39-25-29-14-6-2-7-15-29)36(41-27-31-18-10-4-11-19-31)35(33(38)22-37)40-26-30-16-8-3-9-17-30/h2-21,28,33-36H,22-27H2,1H3/t28?,33-,34+,35-,36-/m1/s1. The van der Waals surface area contributed by atoms with E-state index in [-0.39, 0.29) is 24.4 Å². The normalized spacial score (nSPS) is 21.9. The first kappa shape index (κ1) is 29.7. The Bertz CT molecular complexity index is 1280. The van der Waals surface area contributed by atoms with E-state index in [4.69, 9.17) is 14.2 Å². The fourth-order valence-corrected chi connectivity index (χ4v) is 6.39. The molecule has 5 atom stereocenters. The van der Waals surface area contributed by atoms with Crippen LogP contribution in [0.25, 0.3) is 0 Å². The lowest BCUT2D eigenvalue weighted by Gasteiger charge is -2.48. The molecule has 0 aliphatic carbocycles. The van der Waals surface area contributed by atoms with E-state index in [1.165, 1.54) is 5.56 Å². The Balaban J connectivity index is 1.42. The van der Waals surface area contributed by atoms with Gasteiger partial charge in [0.1, 0.15) is 12.2 Å². The summed E-state index contributed by atoms with van der Waals surface area (Å²) in [7, 11) is 0. The number of benzene rings is 4. The summed E-state index contributed by atoms with van der Waals surface area (Å²) in [5.41, 5.74) is 4.79. The minimum atomic E-state index is -0.228. The lowest BCUT2D eigenvalue weighted by atomic mass is 9.91. The monoisotopic (exact) mass is 613 g/mol. The summed E-state index contributed by atoms with van der Waals surface area (Å²) in [4.78, 5) is 2.54. The first-order chi connectivity index (χ1) is 20.2. The molecule has 0 amide bonds. The second-order valence-electron chi connectivity index (χ2n) is 10.8. The topological polar surface area (TPSA) is 30.9 Å².